The first-order valence-corrected chi connectivity index (χ1v) is 12.7. The molecule has 4 rings (SSSR count). The second-order valence-corrected chi connectivity index (χ2v) is 9.56. The minimum absolute atomic E-state index is 0.000521. The van der Waals surface area contributed by atoms with Gasteiger partial charge in [0.15, 0.2) is 30.3 Å². The van der Waals surface area contributed by atoms with Crippen LogP contribution in [0.25, 0.3) is 0 Å². The molecule has 1 saturated carbocycles. The van der Waals surface area contributed by atoms with Crippen LogP contribution in [0.1, 0.15) is 60.6 Å². The van der Waals surface area contributed by atoms with E-state index in [1.807, 2.05) is 44.2 Å². The molecule has 1 fully saturated rings. The lowest BCUT2D eigenvalue weighted by molar-refractivity contribution is -0.118. The van der Waals surface area contributed by atoms with E-state index in [9.17, 15) is 18.8 Å². The zero-order chi connectivity index (χ0) is 27.8. The molecule has 3 aromatic rings. The number of nitrogens with one attached hydrogen (secondary N) is 3. The summed E-state index contributed by atoms with van der Waals surface area (Å²) in [5, 5.41) is 12.4. The van der Waals surface area contributed by atoms with Gasteiger partial charge >= 0.3 is 6.09 Å². The predicted molar refractivity (Wildman–Crippen MR) is 140 cm³/mol. The maximum absolute atomic E-state index is 14.4. The fraction of sp³-hybridized carbons (Fsp3) is 0.357. The highest BCUT2D eigenvalue weighted by atomic mass is 19.1. The number of nitrogens with zero attached hydrogens (tertiary/aromatic N) is 1. The molecule has 1 aliphatic carbocycles. The quantitative estimate of drug-likeness (QED) is 0.301. The molecule has 0 bridgehead atoms. The molecule has 0 spiro atoms. The molecule has 0 saturated heterocycles. The fourth-order valence-electron chi connectivity index (χ4n) is 4.35. The molecule has 2 aromatic carbocycles. The number of anilines is 1. The Hall–Kier alpha value is -4.41. The largest absolute Gasteiger partial charge is 0.485 e. The summed E-state index contributed by atoms with van der Waals surface area (Å²) in [5.41, 5.74) is 1.50. The number of rotatable bonds is 11. The molecule has 2 atom stereocenters. The Morgan fingerprint density at radius 2 is 1.95 bits per heavy atom. The summed E-state index contributed by atoms with van der Waals surface area (Å²) in [6.45, 7) is 3.36. The number of aromatic amines is 1. The minimum atomic E-state index is -0.714. The van der Waals surface area contributed by atoms with Crippen LogP contribution in [0.5, 0.6) is 11.5 Å². The molecule has 2 amide bonds. The van der Waals surface area contributed by atoms with E-state index in [4.69, 9.17) is 14.2 Å². The van der Waals surface area contributed by atoms with Crippen molar-refractivity contribution in [3.63, 3.8) is 0 Å². The number of aldehydes is 1. The van der Waals surface area contributed by atoms with E-state index < -0.39 is 24.4 Å². The van der Waals surface area contributed by atoms with Gasteiger partial charge in [-0.05, 0) is 50.8 Å². The van der Waals surface area contributed by atoms with Gasteiger partial charge in [0.1, 0.15) is 24.0 Å². The number of benzene rings is 2. The third kappa shape index (κ3) is 7.56. The summed E-state index contributed by atoms with van der Waals surface area (Å²) < 4.78 is 30.9. The van der Waals surface area contributed by atoms with Crippen LogP contribution in [0.15, 0.2) is 48.5 Å². The Morgan fingerprint density at radius 3 is 2.69 bits per heavy atom. The van der Waals surface area contributed by atoms with E-state index in [1.165, 1.54) is 6.07 Å². The summed E-state index contributed by atoms with van der Waals surface area (Å²) in [5.74, 6) is -1.04. The SMILES string of the molecule is CC(C)NC(=O)O[C@@H]1CC[C@H](c2cc(NC(=O)COc3ccc(F)c(OCc4ccccc4)c3C=O)n[nH]2)C1. The normalized spacial score (nSPS) is 16.5. The van der Waals surface area contributed by atoms with Crippen molar-refractivity contribution in [3.05, 3.63) is 71.2 Å². The zero-order valence-corrected chi connectivity index (χ0v) is 21.7. The van der Waals surface area contributed by atoms with Crippen molar-refractivity contribution in [1.29, 1.82) is 0 Å². The second kappa shape index (κ2) is 12.9. The van der Waals surface area contributed by atoms with Crippen molar-refractivity contribution < 1.29 is 33.0 Å². The Labute approximate surface area is 225 Å². The Morgan fingerprint density at radius 1 is 1.15 bits per heavy atom. The van der Waals surface area contributed by atoms with Gasteiger partial charge in [0.05, 0.1) is 0 Å². The maximum Gasteiger partial charge on any atom is 0.407 e. The van der Waals surface area contributed by atoms with Crippen LogP contribution >= 0.6 is 0 Å². The molecule has 39 heavy (non-hydrogen) atoms. The summed E-state index contributed by atoms with van der Waals surface area (Å²) in [6, 6.07) is 13.2. The van der Waals surface area contributed by atoms with E-state index in [0.29, 0.717) is 18.5 Å². The Bertz CT molecular complexity index is 1300. The molecule has 1 heterocycles. The van der Waals surface area contributed by atoms with Crippen LogP contribution in [-0.2, 0) is 16.1 Å². The van der Waals surface area contributed by atoms with Crippen LogP contribution in [0, 0.1) is 5.82 Å². The van der Waals surface area contributed by atoms with Gasteiger partial charge in [-0.1, -0.05) is 30.3 Å². The average molecular weight is 539 g/mol. The van der Waals surface area contributed by atoms with Crippen molar-refractivity contribution in [1.82, 2.24) is 15.5 Å². The van der Waals surface area contributed by atoms with Gasteiger partial charge in [0.2, 0.25) is 0 Å². The average Bonchev–Trinajstić information content (AvgIpc) is 3.56. The fourth-order valence-corrected chi connectivity index (χ4v) is 4.35. The van der Waals surface area contributed by atoms with E-state index in [0.717, 1.165) is 30.2 Å². The van der Waals surface area contributed by atoms with Crippen molar-refractivity contribution in [2.75, 3.05) is 11.9 Å². The van der Waals surface area contributed by atoms with E-state index in [1.54, 1.807) is 6.07 Å². The zero-order valence-electron chi connectivity index (χ0n) is 21.7. The maximum atomic E-state index is 14.4. The van der Waals surface area contributed by atoms with Crippen LogP contribution in [0.3, 0.4) is 0 Å². The van der Waals surface area contributed by atoms with Crippen LogP contribution in [-0.4, -0.2) is 47.2 Å². The Balaban J connectivity index is 1.30. The lowest BCUT2D eigenvalue weighted by Crippen LogP contribution is -2.33. The monoisotopic (exact) mass is 538 g/mol. The summed E-state index contributed by atoms with van der Waals surface area (Å²) >= 11 is 0. The molecule has 0 radical (unpaired) electrons. The summed E-state index contributed by atoms with van der Waals surface area (Å²) in [4.78, 5) is 36.1. The molecule has 11 heteroatoms. The molecule has 1 aliphatic rings. The highest BCUT2D eigenvalue weighted by Crippen LogP contribution is 2.36. The van der Waals surface area contributed by atoms with Gasteiger partial charge in [-0.25, -0.2) is 9.18 Å². The van der Waals surface area contributed by atoms with E-state index in [-0.39, 0.29) is 41.7 Å². The number of halogens is 1. The summed E-state index contributed by atoms with van der Waals surface area (Å²) in [7, 11) is 0. The molecular weight excluding hydrogens is 507 g/mol. The third-order valence-electron chi connectivity index (χ3n) is 6.18. The summed E-state index contributed by atoms with van der Waals surface area (Å²) in [6.07, 6.45) is 2.01. The van der Waals surface area contributed by atoms with Crippen molar-refractivity contribution in [3.8, 4) is 11.5 Å². The number of carbonyl (C=O) groups is 3. The number of hydrogen-bond acceptors (Lipinski definition) is 7. The lowest BCUT2D eigenvalue weighted by Gasteiger charge is -2.14. The van der Waals surface area contributed by atoms with Crippen LogP contribution in [0.4, 0.5) is 15.0 Å². The molecule has 206 valence electrons. The number of carbonyl (C=O) groups excluding carboxylic acids is 3. The molecule has 10 nitrogen and oxygen atoms in total. The smallest absolute Gasteiger partial charge is 0.407 e. The topological polar surface area (TPSA) is 132 Å². The number of H-pyrrole nitrogens is 1. The van der Waals surface area contributed by atoms with Crippen LogP contribution in [0.2, 0.25) is 0 Å². The van der Waals surface area contributed by atoms with Crippen molar-refractivity contribution in [2.24, 2.45) is 0 Å². The highest BCUT2D eigenvalue weighted by Gasteiger charge is 2.30. The first-order valence-electron chi connectivity index (χ1n) is 12.7. The molecular formula is C28H31FN4O6. The van der Waals surface area contributed by atoms with Gasteiger partial charge in [-0.15, -0.1) is 0 Å². The van der Waals surface area contributed by atoms with Gasteiger partial charge in [0.25, 0.3) is 5.91 Å². The number of aromatic nitrogens is 2. The second-order valence-electron chi connectivity index (χ2n) is 9.56. The van der Waals surface area contributed by atoms with E-state index in [2.05, 4.69) is 20.8 Å². The predicted octanol–water partition coefficient (Wildman–Crippen LogP) is 4.73. The number of alkyl carbamates (subject to hydrolysis) is 1. The third-order valence-corrected chi connectivity index (χ3v) is 6.18. The first-order chi connectivity index (χ1) is 18.8. The van der Waals surface area contributed by atoms with Crippen molar-refractivity contribution in [2.45, 2.75) is 57.8 Å². The highest BCUT2D eigenvalue weighted by molar-refractivity contribution is 5.91. The lowest BCUT2D eigenvalue weighted by atomic mass is 10.0. The Kier molecular flexibility index (Phi) is 9.14. The molecule has 1 aromatic heterocycles. The van der Waals surface area contributed by atoms with E-state index >= 15 is 0 Å². The first kappa shape index (κ1) is 27.6. The number of amides is 2. The van der Waals surface area contributed by atoms with Gasteiger partial charge in [-0.3, -0.25) is 14.7 Å². The number of hydrogen-bond donors (Lipinski definition) is 3. The van der Waals surface area contributed by atoms with Crippen molar-refractivity contribution >= 4 is 24.1 Å². The van der Waals surface area contributed by atoms with Gasteiger partial charge in [0, 0.05) is 23.7 Å². The minimum Gasteiger partial charge on any atom is -0.485 e. The molecule has 3 N–H and O–H groups in total. The standard InChI is InChI=1S/C28H31FN4O6/c1-17(2)30-28(36)39-20-9-8-19(12-20)23-13-25(33-32-23)31-26(35)16-37-24-11-10-22(29)27(21(24)14-34)38-15-18-6-4-3-5-7-18/h3-7,10-11,13-14,17,19-20H,8-9,12,15-16H2,1-2H3,(H,30,36)(H2,31,32,33,35)/t19-,20+/m0/s1. The van der Waals surface area contributed by atoms with Gasteiger partial charge in [-0.2, -0.15) is 5.10 Å². The molecule has 0 unspecified atom stereocenters. The van der Waals surface area contributed by atoms with Gasteiger partial charge < -0.3 is 24.8 Å². The number of ether oxygens (including phenoxy) is 3. The molecule has 0 aliphatic heterocycles. The van der Waals surface area contributed by atoms with Crippen LogP contribution < -0.4 is 20.1 Å².